The summed E-state index contributed by atoms with van der Waals surface area (Å²) in [5, 5.41) is 11.6. The fourth-order valence-corrected chi connectivity index (χ4v) is 8.42. The first kappa shape index (κ1) is 23.0. The van der Waals surface area contributed by atoms with Crippen LogP contribution in [0.25, 0.3) is 0 Å². The smallest absolute Gasteiger partial charge is 0.306 e. The first-order chi connectivity index (χ1) is 14.5. The van der Waals surface area contributed by atoms with Crippen molar-refractivity contribution in [3.63, 3.8) is 0 Å². The largest absolute Gasteiger partial charge is 0.450 e. The maximum absolute atomic E-state index is 13.3. The molecule has 0 heterocycles. The van der Waals surface area contributed by atoms with Crippen LogP contribution in [0.1, 0.15) is 72.6 Å². The van der Waals surface area contributed by atoms with Crippen LogP contribution in [0, 0.1) is 34.5 Å². The minimum atomic E-state index is -1.29. The number of alkyl halides is 1. The van der Waals surface area contributed by atoms with Gasteiger partial charge < -0.3 is 9.84 Å². The van der Waals surface area contributed by atoms with Gasteiger partial charge in [0, 0.05) is 24.2 Å². The van der Waals surface area contributed by atoms with Crippen molar-refractivity contribution in [1.29, 1.82) is 0 Å². The minimum absolute atomic E-state index is 0.0506. The molecule has 0 bridgehead atoms. The molecule has 0 radical (unpaired) electrons. The number of hydrogen-bond donors (Lipinski definition) is 1. The van der Waals surface area contributed by atoms with Gasteiger partial charge in [0.1, 0.15) is 0 Å². The molecule has 172 valence electrons. The van der Waals surface area contributed by atoms with Crippen molar-refractivity contribution in [1.82, 2.24) is 0 Å². The molecule has 3 saturated carbocycles. The van der Waals surface area contributed by atoms with Crippen molar-refractivity contribution >= 4 is 29.1 Å². The van der Waals surface area contributed by atoms with Gasteiger partial charge in [-0.2, -0.15) is 0 Å². The van der Waals surface area contributed by atoms with E-state index in [1.165, 1.54) is 5.57 Å². The molecule has 0 unspecified atom stereocenters. The summed E-state index contributed by atoms with van der Waals surface area (Å²) in [6, 6.07) is 0. The van der Waals surface area contributed by atoms with Crippen molar-refractivity contribution < 1.29 is 24.2 Å². The Hall–Kier alpha value is -1.20. The highest BCUT2D eigenvalue weighted by Gasteiger charge is 2.72. The van der Waals surface area contributed by atoms with E-state index in [1.54, 1.807) is 6.92 Å². The van der Waals surface area contributed by atoms with Gasteiger partial charge in [-0.15, -0.1) is 11.6 Å². The highest BCUT2D eigenvalue weighted by atomic mass is 35.5. The summed E-state index contributed by atoms with van der Waals surface area (Å²) in [5.74, 6) is -0.391. The molecule has 0 saturated heterocycles. The summed E-state index contributed by atoms with van der Waals surface area (Å²) >= 11 is 6.06. The van der Waals surface area contributed by atoms with Crippen LogP contribution in [0.2, 0.25) is 0 Å². The number of ether oxygens (including phenoxy) is 1. The van der Waals surface area contributed by atoms with Gasteiger partial charge >= 0.3 is 5.97 Å². The molecule has 0 aromatic carbocycles. The van der Waals surface area contributed by atoms with Crippen LogP contribution in [0.4, 0.5) is 0 Å². The van der Waals surface area contributed by atoms with E-state index in [0.717, 1.165) is 25.7 Å². The monoisotopic (exact) mass is 450 g/mol. The number of carbonyl (C=O) groups is 3. The summed E-state index contributed by atoms with van der Waals surface area (Å²) in [5.41, 5.74) is -0.966. The van der Waals surface area contributed by atoms with Gasteiger partial charge in [-0.05, 0) is 61.3 Å². The number of carbonyl (C=O) groups excluding carboxylic acids is 3. The third kappa shape index (κ3) is 3.02. The number of aliphatic hydroxyl groups excluding tert-OH is 1. The SMILES string of the molecule is CCC(=O)O[C@]1(C(=O)CCl)[C@@H](C)C[C@H]2[C@@H]3CCC4=CC(=O)CC[C@]4(C)[C@H]3[C@@H](O)C[C@@]21C. The number of fused-ring (bicyclic) bond motifs is 5. The Balaban J connectivity index is 1.79. The van der Waals surface area contributed by atoms with Gasteiger partial charge in [0.15, 0.2) is 17.2 Å². The third-order valence-electron chi connectivity index (χ3n) is 9.54. The van der Waals surface area contributed by atoms with Gasteiger partial charge in [0.2, 0.25) is 0 Å². The van der Waals surface area contributed by atoms with Gasteiger partial charge in [0.25, 0.3) is 0 Å². The Bertz CT molecular complexity index is 836. The molecule has 5 nitrogen and oxygen atoms in total. The lowest BCUT2D eigenvalue weighted by molar-refractivity contribution is -0.204. The maximum Gasteiger partial charge on any atom is 0.306 e. The average molecular weight is 451 g/mol. The van der Waals surface area contributed by atoms with Gasteiger partial charge in [-0.25, -0.2) is 0 Å². The number of allylic oxidation sites excluding steroid dienone is 1. The molecule has 3 fully saturated rings. The molecular formula is C25H35ClO5. The number of esters is 1. The molecule has 1 N–H and O–H groups in total. The van der Waals surface area contributed by atoms with Crippen LogP contribution in [-0.2, 0) is 19.1 Å². The zero-order valence-electron chi connectivity index (χ0n) is 19.1. The fourth-order valence-electron chi connectivity index (χ4n) is 8.22. The molecule has 31 heavy (non-hydrogen) atoms. The van der Waals surface area contributed by atoms with E-state index in [4.69, 9.17) is 16.3 Å². The summed E-state index contributed by atoms with van der Waals surface area (Å²) in [6.07, 6.45) is 5.60. The van der Waals surface area contributed by atoms with Gasteiger partial charge in [0.05, 0.1) is 12.0 Å². The Morgan fingerprint density at radius 3 is 2.65 bits per heavy atom. The number of ketones is 2. The lowest BCUT2D eigenvalue weighted by atomic mass is 9.45. The molecule has 6 heteroatoms. The number of Topliss-reactive ketones (excluding diaryl/α,β-unsaturated/α-hetero) is 1. The molecule has 0 aromatic heterocycles. The fraction of sp³-hybridized carbons (Fsp3) is 0.800. The Morgan fingerprint density at radius 2 is 2.00 bits per heavy atom. The van der Waals surface area contributed by atoms with Crippen LogP contribution in [-0.4, -0.2) is 40.2 Å². The lowest BCUT2D eigenvalue weighted by Gasteiger charge is -2.60. The van der Waals surface area contributed by atoms with Crippen LogP contribution in [0.5, 0.6) is 0 Å². The van der Waals surface area contributed by atoms with Crippen LogP contribution < -0.4 is 0 Å². The normalized spacial score (nSPS) is 46.5. The molecule has 0 spiro atoms. The minimum Gasteiger partial charge on any atom is -0.450 e. The molecule has 0 aliphatic heterocycles. The lowest BCUT2D eigenvalue weighted by Crippen LogP contribution is -2.64. The first-order valence-electron chi connectivity index (χ1n) is 11.8. The Labute approximate surface area is 189 Å². The Kier molecular flexibility index (Phi) is 5.70. The van der Waals surface area contributed by atoms with Crippen LogP contribution in [0.15, 0.2) is 11.6 Å². The van der Waals surface area contributed by atoms with Crippen molar-refractivity contribution in [3.8, 4) is 0 Å². The van der Waals surface area contributed by atoms with E-state index in [-0.39, 0.29) is 53.0 Å². The highest BCUT2D eigenvalue weighted by molar-refractivity contribution is 6.29. The third-order valence-corrected chi connectivity index (χ3v) is 9.78. The predicted molar refractivity (Wildman–Crippen MR) is 117 cm³/mol. The summed E-state index contributed by atoms with van der Waals surface area (Å²) in [4.78, 5) is 37.8. The molecule has 4 rings (SSSR count). The van der Waals surface area contributed by atoms with Crippen molar-refractivity contribution in [3.05, 3.63) is 11.6 Å². The van der Waals surface area contributed by atoms with E-state index in [0.29, 0.717) is 12.8 Å². The topological polar surface area (TPSA) is 80.7 Å². The average Bonchev–Trinajstić information content (AvgIpc) is 2.94. The number of halogens is 1. The molecule has 8 atom stereocenters. The van der Waals surface area contributed by atoms with Crippen LogP contribution in [0.3, 0.4) is 0 Å². The van der Waals surface area contributed by atoms with E-state index in [2.05, 4.69) is 6.92 Å². The summed E-state index contributed by atoms with van der Waals surface area (Å²) < 4.78 is 6.02. The summed E-state index contributed by atoms with van der Waals surface area (Å²) in [7, 11) is 0. The zero-order chi connectivity index (χ0) is 22.8. The van der Waals surface area contributed by atoms with Gasteiger partial charge in [-0.3, -0.25) is 14.4 Å². The summed E-state index contributed by atoms with van der Waals surface area (Å²) in [6.45, 7) is 7.97. The number of hydrogen-bond acceptors (Lipinski definition) is 5. The predicted octanol–water partition coefficient (Wildman–Crippen LogP) is 4.24. The van der Waals surface area contributed by atoms with Crippen molar-refractivity contribution in [2.24, 2.45) is 34.5 Å². The molecule has 4 aliphatic carbocycles. The maximum atomic E-state index is 13.3. The standard InChI is InChI=1S/C25H35ClO5/c1-5-21(30)31-25(20(29)13-26)14(2)10-18-17-7-6-15-11-16(27)8-9-23(15,3)22(17)19(28)12-24(18,25)4/h11,14,17-19,22,28H,5-10,12-13H2,1-4H3/t14-,17-,18-,19-,22+,23-,24-,25-/m0/s1. The van der Waals surface area contributed by atoms with E-state index in [1.807, 2.05) is 19.9 Å². The first-order valence-corrected chi connectivity index (χ1v) is 12.3. The van der Waals surface area contributed by atoms with Gasteiger partial charge in [-0.1, -0.05) is 33.3 Å². The molecule has 0 aromatic rings. The molecule has 4 aliphatic rings. The number of rotatable bonds is 4. The van der Waals surface area contributed by atoms with E-state index < -0.39 is 23.1 Å². The molecular weight excluding hydrogens is 416 g/mol. The molecule has 0 amide bonds. The van der Waals surface area contributed by atoms with E-state index in [9.17, 15) is 19.5 Å². The van der Waals surface area contributed by atoms with Crippen molar-refractivity contribution in [2.45, 2.75) is 84.3 Å². The highest BCUT2D eigenvalue weighted by Crippen LogP contribution is 2.69. The zero-order valence-corrected chi connectivity index (χ0v) is 19.8. The number of aliphatic hydroxyl groups is 1. The van der Waals surface area contributed by atoms with E-state index >= 15 is 0 Å². The Morgan fingerprint density at radius 1 is 1.29 bits per heavy atom. The quantitative estimate of drug-likeness (QED) is 0.512. The van der Waals surface area contributed by atoms with Crippen LogP contribution >= 0.6 is 11.6 Å². The van der Waals surface area contributed by atoms with Crippen molar-refractivity contribution in [2.75, 3.05) is 5.88 Å². The second kappa shape index (κ2) is 7.69. The second-order valence-electron chi connectivity index (χ2n) is 10.8. The second-order valence-corrected chi connectivity index (χ2v) is 11.1.